The van der Waals surface area contributed by atoms with Gasteiger partial charge in [0.15, 0.2) is 0 Å². The van der Waals surface area contributed by atoms with E-state index in [9.17, 15) is 9.59 Å². The van der Waals surface area contributed by atoms with Crippen LogP contribution >= 0.6 is 15.9 Å². The van der Waals surface area contributed by atoms with Gasteiger partial charge in [-0.2, -0.15) is 5.10 Å². The number of carbonyl (C=O) groups excluding carboxylic acids is 1. The molecule has 0 aliphatic heterocycles. The van der Waals surface area contributed by atoms with E-state index < -0.39 is 0 Å². The predicted molar refractivity (Wildman–Crippen MR) is 115 cm³/mol. The van der Waals surface area contributed by atoms with Gasteiger partial charge in [0, 0.05) is 18.5 Å². The standard InChI is InChI=1S/C21H33BrN4O2/c1-12-10-16(13(2)14(3)21(12,4)5)25-17-11-23-26(20(28)19(17)22)9-8-18(27)24-15-6-7-15/h11-16,25H,6-10H2,1-5H3,(H,24,27)/t12-,13+,14+,16+/m0/s1. The van der Waals surface area contributed by atoms with E-state index in [2.05, 4.69) is 66.3 Å². The van der Waals surface area contributed by atoms with E-state index in [4.69, 9.17) is 0 Å². The van der Waals surface area contributed by atoms with Gasteiger partial charge in [-0.25, -0.2) is 4.68 Å². The third kappa shape index (κ3) is 4.44. The van der Waals surface area contributed by atoms with Crippen LogP contribution in [0.15, 0.2) is 15.5 Å². The molecule has 4 atom stereocenters. The summed E-state index contributed by atoms with van der Waals surface area (Å²) >= 11 is 3.45. The zero-order valence-corrected chi connectivity index (χ0v) is 19.2. The van der Waals surface area contributed by atoms with Crippen molar-refractivity contribution in [1.82, 2.24) is 15.1 Å². The van der Waals surface area contributed by atoms with Crippen LogP contribution in [0.1, 0.15) is 60.3 Å². The topological polar surface area (TPSA) is 76.0 Å². The summed E-state index contributed by atoms with van der Waals surface area (Å²) in [5.74, 6) is 1.64. The third-order valence-electron chi connectivity index (χ3n) is 7.29. The summed E-state index contributed by atoms with van der Waals surface area (Å²) in [6, 6.07) is 0.637. The van der Waals surface area contributed by atoms with E-state index in [1.807, 2.05) is 0 Å². The first kappa shape index (κ1) is 21.3. The number of carbonyl (C=O) groups is 1. The average molecular weight is 453 g/mol. The van der Waals surface area contributed by atoms with Crippen LogP contribution in [0.2, 0.25) is 0 Å². The third-order valence-corrected chi connectivity index (χ3v) is 8.06. The maximum absolute atomic E-state index is 12.7. The molecule has 0 aromatic carbocycles. The molecule has 0 unspecified atom stereocenters. The van der Waals surface area contributed by atoms with Crippen molar-refractivity contribution >= 4 is 27.5 Å². The highest BCUT2D eigenvalue weighted by molar-refractivity contribution is 9.10. The highest BCUT2D eigenvalue weighted by Crippen LogP contribution is 2.48. The highest BCUT2D eigenvalue weighted by Gasteiger charge is 2.43. The van der Waals surface area contributed by atoms with Crippen LogP contribution in [-0.4, -0.2) is 27.8 Å². The van der Waals surface area contributed by atoms with E-state index in [1.54, 1.807) is 6.20 Å². The Kier molecular flexibility index (Phi) is 6.23. The first-order valence-corrected chi connectivity index (χ1v) is 11.2. The van der Waals surface area contributed by atoms with Gasteiger partial charge in [-0.05, 0) is 58.4 Å². The van der Waals surface area contributed by atoms with Gasteiger partial charge >= 0.3 is 0 Å². The van der Waals surface area contributed by atoms with E-state index >= 15 is 0 Å². The Labute approximate surface area is 176 Å². The molecule has 0 saturated heterocycles. The van der Waals surface area contributed by atoms with Gasteiger partial charge in [-0.1, -0.05) is 34.6 Å². The molecule has 2 saturated carbocycles. The van der Waals surface area contributed by atoms with Gasteiger partial charge in [0.05, 0.1) is 18.4 Å². The minimum absolute atomic E-state index is 0.0175. The summed E-state index contributed by atoms with van der Waals surface area (Å²) in [5.41, 5.74) is 0.839. The van der Waals surface area contributed by atoms with Crippen LogP contribution in [0.5, 0.6) is 0 Å². The summed E-state index contributed by atoms with van der Waals surface area (Å²) in [5, 5.41) is 10.8. The number of anilines is 1. The largest absolute Gasteiger partial charge is 0.380 e. The lowest BCUT2D eigenvalue weighted by molar-refractivity contribution is -0.121. The molecular weight excluding hydrogens is 420 g/mol. The number of aryl methyl sites for hydroxylation is 1. The van der Waals surface area contributed by atoms with Crippen molar-refractivity contribution in [2.75, 3.05) is 5.32 Å². The molecule has 28 heavy (non-hydrogen) atoms. The van der Waals surface area contributed by atoms with Crippen molar-refractivity contribution in [3.8, 4) is 0 Å². The molecule has 0 spiro atoms. The van der Waals surface area contributed by atoms with Gasteiger partial charge in [0.2, 0.25) is 5.91 Å². The van der Waals surface area contributed by atoms with Gasteiger partial charge < -0.3 is 10.6 Å². The normalized spacial score (nSPS) is 29.4. The van der Waals surface area contributed by atoms with Crippen LogP contribution in [0.3, 0.4) is 0 Å². The fourth-order valence-electron chi connectivity index (χ4n) is 4.22. The van der Waals surface area contributed by atoms with E-state index in [0.717, 1.165) is 24.9 Å². The van der Waals surface area contributed by atoms with Gasteiger partial charge in [0.1, 0.15) is 4.47 Å². The molecule has 1 heterocycles. The Bertz CT molecular complexity index is 787. The highest BCUT2D eigenvalue weighted by atomic mass is 79.9. The van der Waals surface area contributed by atoms with Crippen molar-refractivity contribution in [3.05, 3.63) is 21.0 Å². The fourth-order valence-corrected chi connectivity index (χ4v) is 4.65. The maximum atomic E-state index is 12.7. The number of rotatable bonds is 6. The molecule has 3 rings (SSSR count). The first-order valence-electron chi connectivity index (χ1n) is 10.4. The molecule has 156 valence electrons. The van der Waals surface area contributed by atoms with Crippen LogP contribution in [0.25, 0.3) is 0 Å². The summed E-state index contributed by atoms with van der Waals surface area (Å²) < 4.78 is 1.85. The number of hydrogen-bond acceptors (Lipinski definition) is 4. The molecule has 2 aliphatic carbocycles. The fraction of sp³-hybridized carbons (Fsp3) is 0.762. The molecule has 1 aromatic rings. The van der Waals surface area contributed by atoms with Crippen LogP contribution in [-0.2, 0) is 11.3 Å². The van der Waals surface area contributed by atoms with Crippen LogP contribution in [0, 0.1) is 23.2 Å². The SMILES string of the molecule is C[C@@H]1[C@@H](C)C(C)(C)[C@@H](C)C[C@H]1Nc1cnn(CCC(=O)NC2CC2)c(=O)c1Br. The lowest BCUT2D eigenvalue weighted by Gasteiger charge is -2.50. The molecule has 1 aromatic heterocycles. The second-order valence-corrected chi connectivity index (χ2v) is 10.1. The predicted octanol–water partition coefficient (Wildman–Crippen LogP) is 3.79. The lowest BCUT2D eigenvalue weighted by atomic mass is 9.58. The van der Waals surface area contributed by atoms with Gasteiger partial charge in [-0.15, -0.1) is 0 Å². The number of amides is 1. The average Bonchev–Trinajstić information content (AvgIpc) is 3.45. The molecule has 0 bridgehead atoms. The molecule has 0 radical (unpaired) electrons. The Balaban J connectivity index is 1.67. The van der Waals surface area contributed by atoms with Crippen molar-refractivity contribution in [2.45, 2.75) is 78.9 Å². The zero-order chi connectivity index (χ0) is 20.6. The smallest absolute Gasteiger partial charge is 0.283 e. The van der Waals surface area contributed by atoms with Crippen molar-refractivity contribution < 1.29 is 4.79 Å². The van der Waals surface area contributed by atoms with Gasteiger partial charge in [0.25, 0.3) is 5.56 Å². The molecule has 1 amide bonds. The second-order valence-electron chi connectivity index (χ2n) is 9.35. The van der Waals surface area contributed by atoms with Crippen LogP contribution in [0.4, 0.5) is 5.69 Å². The summed E-state index contributed by atoms with van der Waals surface area (Å²) in [4.78, 5) is 24.5. The number of aromatic nitrogens is 2. The lowest BCUT2D eigenvalue weighted by Crippen LogP contribution is -2.48. The summed E-state index contributed by atoms with van der Waals surface area (Å²) in [6.07, 6.45) is 5.15. The Morgan fingerprint density at radius 1 is 1.32 bits per heavy atom. The van der Waals surface area contributed by atoms with E-state index in [1.165, 1.54) is 4.68 Å². The Morgan fingerprint density at radius 2 is 2.00 bits per heavy atom. The number of halogens is 1. The van der Waals surface area contributed by atoms with Crippen molar-refractivity contribution in [3.63, 3.8) is 0 Å². The monoisotopic (exact) mass is 452 g/mol. The molecular formula is C21H33BrN4O2. The van der Waals surface area contributed by atoms with Crippen molar-refractivity contribution in [2.24, 2.45) is 23.2 Å². The quantitative estimate of drug-likeness (QED) is 0.687. The number of nitrogens with one attached hydrogen (secondary N) is 2. The van der Waals surface area contributed by atoms with E-state index in [0.29, 0.717) is 46.3 Å². The van der Waals surface area contributed by atoms with Crippen LogP contribution < -0.4 is 16.2 Å². The minimum Gasteiger partial charge on any atom is -0.380 e. The first-order chi connectivity index (χ1) is 13.1. The molecule has 2 aliphatic rings. The van der Waals surface area contributed by atoms with Crippen molar-refractivity contribution in [1.29, 1.82) is 0 Å². The number of nitrogens with zero attached hydrogens (tertiary/aromatic N) is 2. The number of hydrogen-bond donors (Lipinski definition) is 2. The summed E-state index contributed by atoms with van der Waals surface area (Å²) in [7, 11) is 0. The molecule has 6 nitrogen and oxygen atoms in total. The second kappa shape index (κ2) is 8.17. The summed E-state index contributed by atoms with van der Waals surface area (Å²) in [6.45, 7) is 11.9. The Morgan fingerprint density at radius 3 is 2.64 bits per heavy atom. The molecule has 2 N–H and O–H groups in total. The van der Waals surface area contributed by atoms with E-state index in [-0.39, 0.29) is 17.9 Å². The maximum Gasteiger partial charge on any atom is 0.283 e. The molecule has 2 fully saturated rings. The Hall–Kier alpha value is -1.37. The van der Waals surface area contributed by atoms with Gasteiger partial charge in [-0.3, -0.25) is 9.59 Å². The zero-order valence-electron chi connectivity index (χ0n) is 17.6. The molecule has 7 heteroatoms. The minimum atomic E-state index is -0.200.